The highest BCUT2D eigenvalue weighted by atomic mass is 127. The fourth-order valence-corrected chi connectivity index (χ4v) is 11.6. The first-order valence-electron chi connectivity index (χ1n) is 22.6. The molecule has 2 aliphatic heterocycles. The summed E-state index contributed by atoms with van der Waals surface area (Å²) in [5, 5.41) is 12.3. The maximum atomic E-state index is 14.7. The lowest BCUT2D eigenvalue weighted by molar-refractivity contribution is -0.719. The lowest BCUT2D eigenvalue weighted by Gasteiger charge is -2.49. The fourth-order valence-electron chi connectivity index (χ4n) is 8.48. The smallest absolute Gasteiger partial charge is 0.448 e. The van der Waals surface area contributed by atoms with E-state index in [4.69, 9.17) is 14.6 Å². The van der Waals surface area contributed by atoms with Crippen molar-refractivity contribution < 1.29 is 65.7 Å². The maximum absolute atomic E-state index is 14.7. The number of oxime groups is 1. The van der Waals surface area contributed by atoms with Crippen LogP contribution in [0.25, 0.3) is 0 Å². The molecule has 9 rings (SSSR count). The number of nitrogens with zero attached hydrogens (tertiary/aromatic N) is 4. The molecular weight excluding hydrogens is 1090 g/mol. The van der Waals surface area contributed by atoms with Gasteiger partial charge in [0.15, 0.2) is 29.3 Å². The minimum absolute atomic E-state index is 0. The molecule has 0 radical (unpaired) electrons. The summed E-state index contributed by atoms with van der Waals surface area (Å²) >= 11 is 3.97. The van der Waals surface area contributed by atoms with Gasteiger partial charge in [-0.3, -0.25) is 14.5 Å². The van der Waals surface area contributed by atoms with Gasteiger partial charge in [-0.05, 0) is 40.3 Å². The molecule has 0 spiro atoms. The molecule has 72 heavy (non-hydrogen) atoms. The molecule has 7 aromatic rings. The quantitative estimate of drug-likeness (QED) is 0.0138. The Bertz CT molecular complexity index is 2890. The first kappa shape index (κ1) is 51.9. The average molecular weight is 1140 g/mol. The van der Waals surface area contributed by atoms with Crippen LogP contribution in [0.15, 0.2) is 203 Å². The summed E-state index contributed by atoms with van der Waals surface area (Å²) in [6.07, 6.45) is -2.51. The van der Waals surface area contributed by atoms with Gasteiger partial charge in [-0.25, -0.2) is 9.78 Å². The number of halogens is 4. The number of benzene rings is 5. The average Bonchev–Trinajstić information content (AvgIpc) is 3.87. The Hall–Kier alpha value is -6.48. The number of thiazole rings is 1. The van der Waals surface area contributed by atoms with Gasteiger partial charge in [0.05, 0.1) is 0 Å². The van der Waals surface area contributed by atoms with E-state index in [0.717, 1.165) is 21.3 Å². The number of ether oxygens (including phenoxy) is 1. The van der Waals surface area contributed by atoms with Gasteiger partial charge in [0.2, 0.25) is 6.54 Å². The van der Waals surface area contributed by atoms with Gasteiger partial charge in [-0.15, -0.1) is 34.9 Å². The zero-order valence-corrected chi connectivity index (χ0v) is 43.1. The van der Waals surface area contributed by atoms with Gasteiger partial charge < -0.3 is 44.2 Å². The zero-order chi connectivity index (χ0) is 49.4. The molecule has 368 valence electrons. The lowest BCUT2D eigenvalue weighted by Crippen LogP contribution is -3.00. The van der Waals surface area contributed by atoms with Gasteiger partial charge >= 0.3 is 12.1 Å². The number of pyridine rings is 1. The van der Waals surface area contributed by atoms with Crippen molar-refractivity contribution in [2.45, 2.75) is 47.6 Å². The Morgan fingerprint density at radius 1 is 0.819 bits per heavy atom. The largest absolute Gasteiger partial charge is 1.00 e. The second kappa shape index (κ2) is 23.4. The van der Waals surface area contributed by atoms with E-state index in [1.54, 1.807) is 24.4 Å². The van der Waals surface area contributed by atoms with E-state index in [1.165, 1.54) is 52.2 Å². The van der Waals surface area contributed by atoms with E-state index in [9.17, 15) is 27.6 Å². The topological polar surface area (TPSA) is 126 Å². The Kier molecular flexibility index (Phi) is 16.8. The van der Waals surface area contributed by atoms with Crippen LogP contribution in [0.3, 0.4) is 0 Å². The third-order valence-electron chi connectivity index (χ3n) is 11.8. The molecule has 2 amide bonds. The summed E-state index contributed by atoms with van der Waals surface area (Å²) in [4.78, 5) is 55.9. The number of aromatic nitrogens is 2. The van der Waals surface area contributed by atoms with E-state index in [-0.39, 0.29) is 59.2 Å². The third-order valence-corrected chi connectivity index (χ3v) is 14.9. The zero-order valence-electron chi connectivity index (χ0n) is 38.4. The van der Waals surface area contributed by atoms with Crippen molar-refractivity contribution in [2.24, 2.45) is 5.16 Å². The summed E-state index contributed by atoms with van der Waals surface area (Å²) in [5.41, 5.74) is 4.12. The van der Waals surface area contributed by atoms with Crippen LogP contribution in [0.1, 0.15) is 46.5 Å². The van der Waals surface area contributed by atoms with Crippen LogP contribution in [-0.2, 0) is 36.0 Å². The van der Waals surface area contributed by atoms with Crippen molar-refractivity contribution in [3.63, 3.8) is 0 Å². The van der Waals surface area contributed by atoms with Crippen LogP contribution in [0.5, 0.6) is 0 Å². The van der Waals surface area contributed by atoms with Crippen LogP contribution in [0.2, 0.25) is 0 Å². The number of hydrogen-bond acceptors (Lipinski definition) is 11. The number of amides is 2. The number of fused-ring (bicyclic) bond motifs is 1. The van der Waals surface area contributed by atoms with E-state index < -0.39 is 53.6 Å². The summed E-state index contributed by atoms with van der Waals surface area (Å²) in [6.45, 7) is 0.758. The number of alkyl halides is 3. The number of rotatable bonds is 18. The number of carbonyl (C=O) groups is 3. The molecular formula is C54H46F3IN6O5S3. The van der Waals surface area contributed by atoms with Crippen LogP contribution in [0, 0.1) is 0 Å². The van der Waals surface area contributed by atoms with Gasteiger partial charge in [0.1, 0.15) is 35.0 Å². The number of anilines is 1. The van der Waals surface area contributed by atoms with Crippen molar-refractivity contribution in [1.82, 2.24) is 15.2 Å². The van der Waals surface area contributed by atoms with Gasteiger partial charge in [-0.1, -0.05) is 157 Å². The molecule has 0 bridgehead atoms. The summed E-state index contributed by atoms with van der Waals surface area (Å²) in [7, 11) is 0. The number of nitrogens with one attached hydrogen (secondary N) is 2. The molecule has 2 aliphatic rings. The molecule has 5 aromatic carbocycles. The minimum Gasteiger partial charge on any atom is -1.00 e. The summed E-state index contributed by atoms with van der Waals surface area (Å²) < 4.78 is 46.6. The first-order chi connectivity index (χ1) is 34.5. The molecule has 4 heterocycles. The molecule has 2 N–H and O–H groups in total. The molecule has 1 saturated heterocycles. The number of thioether (sulfide) groups is 2. The molecule has 2 aromatic heterocycles. The van der Waals surface area contributed by atoms with Crippen molar-refractivity contribution in [1.29, 1.82) is 0 Å². The molecule has 18 heteroatoms. The van der Waals surface area contributed by atoms with Crippen LogP contribution in [-0.4, -0.2) is 69.1 Å². The van der Waals surface area contributed by atoms with Gasteiger partial charge in [-0.2, -0.15) is 17.7 Å². The van der Waals surface area contributed by atoms with Crippen molar-refractivity contribution in [3.05, 3.63) is 226 Å². The maximum Gasteiger partial charge on any atom is 0.448 e. The number of hydrogen-bond donors (Lipinski definition) is 2. The standard InChI is InChI=1S/C54H45F3N6O5S3.HI/c1-2-67-61-44(43-34-71-52(58-43)60-54(39-22-12-5-13-23-39,40-24-14-6-15-25-40)41-26-16-7-17-27-41)48(64)59-45-49(65)63-46(51(66)68-47(36-18-8-3-9-19-36)37-20-10-4-11-21-37)38(33-70-50(45)63)32-69-42-28-30-62(31-29-42)35-53(55,56)57;/h3-31,34,45,47,50H,2,32-33,35H2,1H3,(H-,58,59,60,64);1H/b61-44-;/t45-,50-;/m1./s1. The predicted octanol–water partition coefficient (Wildman–Crippen LogP) is 6.92. The summed E-state index contributed by atoms with van der Waals surface area (Å²) in [6, 6.07) is 50.7. The number of carbonyl (C=O) groups excluding carboxylic acids is 3. The second-order valence-electron chi connectivity index (χ2n) is 16.4. The van der Waals surface area contributed by atoms with Gasteiger partial charge in [0, 0.05) is 33.9 Å². The lowest BCUT2D eigenvalue weighted by atomic mass is 9.77. The molecule has 0 unspecified atom stereocenters. The Labute approximate surface area is 444 Å². The predicted molar refractivity (Wildman–Crippen MR) is 269 cm³/mol. The van der Waals surface area contributed by atoms with Crippen LogP contribution in [0.4, 0.5) is 18.3 Å². The summed E-state index contributed by atoms with van der Waals surface area (Å²) in [5.74, 6) is -1.47. The molecule has 2 atom stereocenters. The normalized spacial score (nSPS) is 15.8. The SMILES string of the molecule is CCO/N=C(\C(=O)N[C@@H]1C(=O)N2C(C(=O)OC(c3ccccc3)c3ccccc3)=C(CSc3cc[n+](CC(F)(F)F)cc3)CS[C@H]12)c1csc(NC(c2ccccc2)(c2ccccc2)c2ccccc2)n1.[I-]. The van der Waals surface area contributed by atoms with Crippen molar-refractivity contribution >= 4 is 63.5 Å². The Balaban J connectivity index is 0.00000693. The number of esters is 1. The Morgan fingerprint density at radius 3 is 1.86 bits per heavy atom. The highest BCUT2D eigenvalue weighted by molar-refractivity contribution is 8.01. The van der Waals surface area contributed by atoms with Crippen molar-refractivity contribution in [2.75, 3.05) is 23.4 Å². The molecule has 0 saturated carbocycles. The second-order valence-corrected chi connectivity index (χ2v) is 19.4. The molecule has 0 aliphatic carbocycles. The van der Waals surface area contributed by atoms with Gasteiger partial charge in [0.25, 0.3) is 11.8 Å². The first-order valence-corrected chi connectivity index (χ1v) is 25.5. The van der Waals surface area contributed by atoms with Crippen LogP contribution < -0.4 is 39.2 Å². The Morgan fingerprint density at radius 2 is 1.35 bits per heavy atom. The van der Waals surface area contributed by atoms with Crippen LogP contribution >= 0.6 is 34.9 Å². The highest BCUT2D eigenvalue weighted by Crippen LogP contribution is 2.44. The molecule has 1 fully saturated rings. The third kappa shape index (κ3) is 11.6. The van der Waals surface area contributed by atoms with Crippen molar-refractivity contribution in [3.8, 4) is 0 Å². The fraction of sp³-hybridized carbons (Fsp3) is 0.185. The minimum atomic E-state index is -4.38. The molecule has 11 nitrogen and oxygen atoms in total. The van der Waals surface area contributed by atoms with E-state index in [2.05, 4.69) is 15.8 Å². The van der Waals surface area contributed by atoms with E-state index in [1.807, 2.05) is 152 Å². The number of β-lactam (4-membered cyclic amide) rings is 1. The van der Waals surface area contributed by atoms with E-state index >= 15 is 0 Å². The van der Waals surface area contributed by atoms with E-state index in [0.29, 0.717) is 26.7 Å². The highest BCUT2D eigenvalue weighted by Gasteiger charge is 2.55. The monoisotopic (exact) mass is 1140 g/mol.